The van der Waals surface area contributed by atoms with E-state index in [1.54, 1.807) is 6.08 Å². The van der Waals surface area contributed by atoms with Crippen LogP contribution in [0.5, 0.6) is 5.75 Å². The number of aryl methyl sites for hydroxylation is 1. The van der Waals surface area contributed by atoms with Gasteiger partial charge in [-0.1, -0.05) is 59.2 Å². The normalized spacial score (nSPS) is 15.5. The molecule has 1 rings (SSSR count). The first kappa shape index (κ1) is 19.4. The van der Waals surface area contributed by atoms with Gasteiger partial charge in [-0.05, 0) is 36.6 Å². The Labute approximate surface area is 140 Å². The number of hydrogen-bond donors (Lipinski definition) is 1. The van der Waals surface area contributed by atoms with E-state index < -0.39 is 17.6 Å². The molecule has 0 fully saturated rings. The van der Waals surface area contributed by atoms with Gasteiger partial charge in [-0.25, -0.2) is 0 Å². The molecule has 128 valence electrons. The zero-order chi connectivity index (χ0) is 17.8. The number of allylic oxidation sites excluding steroid dienone is 1. The van der Waals surface area contributed by atoms with Gasteiger partial charge in [-0.3, -0.25) is 4.79 Å². The van der Waals surface area contributed by atoms with Crippen LogP contribution < -0.4 is 4.74 Å². The maximum atomic E-state index is 12.1. The van der Waals surface area contributed by atoms with E-state index in [9.17, 15) is 9.90 Å². The van der Waals surface area contributed by atoms with E-state index in [2.05, 4.69) is 0 Å². The minimum absolute atomic E-state index is 0.0103. The number of aliphatic hydroxyl groups excluding tert-OH is 1. The van der Waals surface area contributed by atoms with Gasteiger partial charge in [0.1, 0.15) is 11.9 Å². The van der Waals surface area contributed by atoms with Gasteiger partial charge in [-0.15, -0.1) is 0 Å². The molecule has 3 nitrogen and oxygen atoms in total. The molecule has 0 aromatic heterocycles. The monoisotopic (exact) mass is 318 g/mol. The van der Waals surface area contributed by atoms with Crippen molar-refractivity contribution in [1.82, 2.24) is 0 Å². The van der Waals surface area contributed by atoms with Crippen LogP contribution in [0.4, 0.5) is 0 Å². The van der Waals surface area contributed by atoms with Crippen LogP contribution >= 0.6 is 0 Å². The van der Waals surface area contributed by atoms with Crippen LogP contribution in [-0.4, -0.2) is 23.1 Å². The fourth-order valence-corrected chi connectivity index (χ4v) is 1.91. The highest BCUT2D eigenvalue weighted by Crippen LogP contribution is 2.26. The number of ether oxygens (including phenoxy) is 1. The third-order valence-electron chi connectivity index (χ3n) is 3.67. The molecular formula is C20H30O3. The summed E-state index contributed by atoms with van der Waals surface area (Å²) in [5.41, 5.74) is 0.339. The largest absolute Gasteiger partial charge is 0.484 e. The fraction of sp³-hybridized carbons (Fsp3) is 0.550. The Morgan fingerprint density at radius 2 is 1.61 bits per heavy atom. The molecule has 1 N–H and O–H groups in total. The van der Waals surface area contributed by atoms with Gasteiger partial charge >= 0.3 is 0 Å². The topological polar surface area (TPSA) is 46.5 Å². The SMILES string of the molecule is Cc1ccc(O[C@@H](/C=C/C(=O)C(C)(C)C)[C@@H](O)C(C)(C)C)cc1. The first-order chi connectivity index (χ1) is 10.4. The molecule has 0 saturated carbocycles. The van der Waals surface area contributed by atoms with Crippen LogP contribution in [0.3, 0.4) is 0 Å². The summed E-state index contributed by atoms with van der Waals surface area (Å²) in [5, 5.41) is 10.6. The standard InChI is InChI=1S/C20H30O3/c1-14-8-10-15(11-9-14)23-16(18(22)20(5,6)7)12-13-17(21)19(2,3)4/h8-13,16,18,22H,1-7H3/b13-12+/t16-,18+/m0/s1. The van der Waals surface area contributed by atoms with E-state index in [0.29, 0.717) is 5.75 Å². The van der Waals surface area contributed by atoms with Crippen molar-refractivity contribution < 1.29 is 14.6 Å². The van der Waals surface area contributed by atoms with Gasteiger partial charge in [0.05, 0.1) is 6.10 Å². The number of carbonyl (C=O) groups excluding carboxylic acids is 1. The van der Waals surface area contributed by atoms with E-state index in [1.807, 2.05) is 72.7 Å². The second-order valence-corrected chi connectivity index (χ2v) is 8.18. The molecule has 1 aromatic rings. The number of carbonyl (C=O) groups is 1. The lowest BCUT2D eigenvalue weighted by Crippen LogP contribution is -2.40. The zero-order valence-corrected chi connectivity index (χ0v) is 15.4. The van der Waals surface area contributed by atoms with Gasteiger partial charge in [0.25, 0.3) is 0 Å². The molecule has 0 bridgehead atoms. The molecule has 0 aliphatic carbocycles. The van der Waals surface area contributed by atoms with Crippen LogP contribution in [0.1, 0.15) is 47.1 Å². The molecule has 23 heavy (non-hydrogen) atoms. The van der Waals surface area contributed by atoms with Crippen LogP contribution in [-0.2, 0) is 4.79 Å². The quantitative estimate of drug-likeness (QED) is 0.822. The maximum Gasteiger partial charge on any atom is 0.160 e. The number of aliphatic hydroxyl groups is 1. The summed E-state index contributed by atoms with van der Waals surface area (Å²) in [5.74, 6) is 0.688. The number of ketones is 1. The van der Waals surface area contributed by atoms with Crippen LogP contribution in [0, 0.1) is 17.8 Å². The predicted octanol–water partition coefficient (Wildman–Crippen LogP) is 4.32. The Hall–Kier alpha value is -1.61. The van der Waals surface area contributed by atoms with Crippen LogP contribution in [0.25, 0.3) is 0 Å². The Bertz CT molecular complexity index is 542. The summed E-state index contributed by atoms with van der Waals surface area (Å²) >= 11 is 0. The third-order valence-corrected chi connectivity index (χ3v) is 3.67. The average molecular weight is 318 g/mol. The number of benzene rings is 1. The van der Waals surface area contributed by atoms with Gasteiger partial charge < -0.3 is 9.84 Å². The van der Waals surface area contributed by atoms with E-state index in [1.165, 1.54) is 6.08 Å². The van der Waals surface area contributed by atoms with Gasteiger partial charge in [0, 0.05) is 5.41 Å². The van der Waals surface area contributed by atoms with Crippen molar-refractivity contribution in [2.24, 2.45) is 10.8 Å². The first-order valence-corrected chi connectivity index (χ1v) is 8.05. The van der Waals surface area contributed by atoms with E-state index in [4.69, 9.17) is 4.74 Å². The summed E-state index contributed by atoms with van der Waals surface area (Å²) in [6.45, 7) is 13.5. The molecule has 3 heteroatoms. The predicted molar refractivity (Wildman–Crippen MR) is 94.7 cm³/mol. The minimum Gasteiger partial charge on any atom is -0.484 e. The van der Waals surface area contributed by atoms with Crippen molar-refractivity contribution in [2.75, 3.05) is 0 Å². The Kier molecular flexibility index (Phi) is 6.18. The number of hydrogen-bond acceptors (Lipinski definition) is 3. The van der Waals surface area contributed by atoms with Crippen molar-refractivity contribution in [3.05, 3.63) is 42.0 Å². The first-order valence-electron chi connectivity index (χ1n) is 8.05. The molecule has 1 aromatic carbocycles. The summed E-state index contributed by atoms with van der Waals surface area (Å²) in [4.78, 5) is 12.1. The van der Waals surface area contributed by atoms with Crippen molar-refractivity contribution in [3.63, 3.8) is 0 Å². The number of rotatable bonds is 5. The Morgan fingerprint density at radius 1 is 1.09 bits per heavy atom. The lowest BCUT2D eigenvalue weighted by Gasteiger charge is -2.31. The molecule has 0 aliphatic rings. The van der Waals surface area contributed by atoms with E-state index in [0.717, 1.165) is 5.56 Å². The second-order valence-electron chi connectivity index (χ2n) is 8.18. The minimum atomic E-state index is -0.729. The highest BCUT2D eigenvalue weighted by atomic mass is 16.5. The van der Waals surface area contributed by atoms with Crippen molar-refractivity contribution in [2.45, 2.75) is 60.7 Å². The van der Waals surface area contributed by atoms with E-state index >= 15 is 0 Å². The second kappa shape index (κ2) is 7.31. The molecule has 0 spiro atoms. The van der Waals surface area contributed by atoms with Crippen molar-refractivity contribution >= 4 is 5.78 Å². The van der Waals surface area contributed by atoms with E-state index in [-0.39, 0.29) is 11.2 Å². The fourth-order valence-electron chi connectivity index (χ4n) is 1.91. The lowest BCUT2D eigenvalue weighted by molar-refractivity contribution is -0.121. The summed E-state index contributed by atoms with van der Waals surface area (Å²) in [6, 6.07) is 7.66. The highest BCUT2D eigenvalue weighted by Gasteiger charge is 2.31. The molecule has 0 amide bonds. The Balaban J connectivity index is 3.00. The summed E-state index contributed by atoms with van der Waals surface area (Å²) in [7, 11) is 0. The molecule has 0 aliphatic heterocycles. The summed E-state index contributed by atoms with van der Waals surface area (Å²) in [6.07, 6.45) is 1.88. The zero-order valence-electron chi connectivity index (χ0n) is 15.4. The van der Waals surface area contributed by atoms with Crippen LogP contribution in [0.2, 0.25) is 0 Å². The Morgan fingerprint density at radius 3 is 2.04 bits per heavy atom. The molecule has 0 saturated heterocycles. The maximum absolute atomic E-state index is 12.1. The highest BCUT2D eigenvalue weighted by molar-refractivity contribution is 5.93. The summed E-state index contributed by atoms with van der Waals surface area (Å²) < 4.78 is 5.93. The van der Waals surface area contributed by atoms with Crippen molar-refractivity contribution in [1.29, 1.82) is 0 Å². The van der Waals surface area contributed by atoms with Gasteiger partial charge in [-0.2, -0.15) is 0 Å². The molecule has 0 radical (unpaired) electrons. The lowest BCUT2D eigenvalue weighted by atomic mass is 9.84. The van der Waals surface area contributed by atoms with Crippen molar-refractivity contribution in [3.8, 4) is 5.75 Å². The third kappa shape index (κ3) is 6.19. The van der Waals surface area contributed by atoms with Gasteiger partial charge in [0.2, 0.25) is 0 Å². The van der Waals surface area contributed by atoms with Gasteiger partial charge in [0.15, 0.2) is 5.78 Å². The molecule has 0 heterocycles. The molecule has 0 unspecified atom stereocenters. The molecule has 2 atom stereocenters. The van der Waals surface area contributed by atoms with Crippen LogP contribution in [0.15, 0.2) is 36.4 Å². The average Bonchev–Trinajstić information content (AvgIpc) is 2.42. The molecular weight excluding hydrogens is 288 g/mol. The smallest absolute Gasteiger partial charge is 0.160 e.